The Morgan fingerprint density at radius 1 is 1.00 bits per heavy atom. The van der Waals surface area contributed by atoms with Gasteiger partial charge in [-0.05, 0) is 18.6 Å². The van der Waals surface area contributed by atoms with Crippen LogP contribution in [0, 0.1) is 12.8 Å². The fourth-order valence-electron chi connectivity index (χ4n) is 5.06. The summed E-state index contributed by atoms with van der Waals surface area (Å²) >= 11 is 0. The molecule has 3 aliphatic heterocycles. The molecule has 15 heteroatoms. The third-order valence-corrected chi connectivity index (χ3v) is 6.63. The standard InChI is InChI=1S/C23H18F6N2O7/c1-3-20(37-18(35)22(24,25)26)16(33)15-14-13(32)7-8-30(31(15)17(20)34)21(14,38-19(36)23(27,28)29)10-12-6-4-5-11(2)9-12/h4-9,14-15H,3,10H2,1-2H3. The van der Waals surface area contributed by atoms with Crippen LogP contribution in [0.4, 0.5) is 26.3 Å². The minimum absolute atomic E-state index is 0.254. The Morgan fingerprint density at radius 3 is 2.16 bits per heavy atom. The van der Waals surface area contributed by atoms with E-state index in [9.17, 15) is 50.3 Å². The molecule has 0 spiro atoms. The van der Waals surface area contributed by atoms with E-state index < -0.39 is 77.9 Å². The topological polar surface area (TPSA) is 110 Å². The van der Waals surface area contributed by atoms with Crippen LogP contribution >= 0.6 is 0 Å². The molecule has 0 aliphatic carbocycles. The third kappa shape index (κ3) is 3.91. The zero-order valence-electron chi connectivity index (χ0n) is 19.6. The van der Waals surface area contributed by atoms with E-state index in [1.807, 2.05) is 0 Å². The molecule has 4 rings (SSSR count). The maximum absolute atomic E-state index is 13.5. The van der Waals surface area contributed by atoms with E-state index in [0.717, 1.165) is 19.2 Å². The summed E-state index contributed by atoms with van der Waals surface area (Å²) < 4.78 is 88.0. The summed E-state index contributed by atoms with van der Waals surface area (Å²) in [6.07, 6.45) is -10.9. The van der Waals surface area contributed by atoms with Crippen molar-refractivity contribution < 1.29 is 59.8 Å². The molecular weight excluding hydrogens is 530 g/mol. The zero-order valence-corrected chi connectivity index (χ0v) is 19.6. The number of ether oxygens (including phenoxy) is 2. The van der Waals surface area contributed by atoms with Crippen molar-refractivity contribution >= 4 is 29.4 Å². The molecule has 0 aromatic heterocycles. The first-order valence-electron chi connectivity index (χ1n) is 11.0. The van der Waals surface area contributed by atoms with Crippen molar-refractivity contribution in [3.05, 3.63) is 47.7 Å². The lowest BCUT2D eigenvalue weighted by Crippen LogP contribution is -2.62. The van der Waals surface area contributed by atoms with Gasteiger partial charge in [-0.3, -0.25) is 14.4 Å². The summed E-state index contributed by atoms with van der Waals surface area (Å²) in [7, 11) is 0. The Kier molecular flexibility index (Phi) is 6.11. The van der Waals surface area contributed by atoms with Crippen molar-refractivity contribution in [1.29, 1.82) is 0 Å². The van der Waals surface area contributed by atoms with Crippen molar-refractivity contribution in [3.8, 4) is 0 Å². The van der Waals surface area contributed by atoms with Gasteiger partial charge in [-0.15, -0.1) is 0 Å². The average Bonchev–Trinajstić information content (AvgIpc) is 3.09. The number of fused-ring (bicyclic) bond motifs is 5. The van der Waals surface area contributed by atoms with E-state index in [-0.39, 0.29) is 5.56 Å². The molecule has 204 valence electrons. The van der Waals surface area contributed by atoms with Crippen LogP contribution in [0.15, 0.2) is 36.5 Å². The number of Topliss-reactive ketones (excluding diaryl/α,β-unsaturated/α-hetero) is 1. The fraction of sp³-hybridized carbons (Fsp3) is 0.435. The molecule has 3 heterocycles. The summed E-state index contributed by atoms with van der Waals surface area (Å²) in [5.41, 5.74) is -4.72. The van der Waals surface area contributed by atoms with E-state index in [1.165, 1.54) is 18.2 Å². The van der Waals surface area contributed by atoms with Gasteiger partial charge in [0.1, 0.15) is 12.0 Å². The second-order valence-corrected chi connectivity index (χ2v) is 8.96. The summed E-state index contributed by atoms with van der Waals surface area (Å²) in [6, 6.07) is 4.09. The Hall–Kier alpha value is -3.91. The highest BCUT2D eigenvalue weighted by atomic mass is 19.4. The van der Waals surface area contributed by atoms with Crippen LogP contribution in [0.3, 0.4) is 0 Å². The third-order valence-electron chi connectivity index (χ3n) is 6.63. The highest BCUT2D eigenvalue weighted by molar-refractivity contribution is 6.21. The lowest BCUT2D eigenvalue weighted by Gasteiger charge is -2.44. The molecule has 1 aromatic rings. The summed E-state index contributed by atoms with van der Waals surface area (Å²) in [5, 5.41) is 1.05. The smallest absolute Gasteiger partial charge is 0.434 e. The zero-order chi connectivity index (χ0) is 28.4. The number of halogens is 6. The molecule has 2 saturated heterocycles. The normalized spacial score (nSPS) is 28.6. The predicted octanol–water partition coefficient (Wildman–Crippen LogP) is 2.32. The van der Waals surface area contributed by atoms with Crippen LogP contribution in [0.2, 0.25) is 0 Å². The number of hydrogen-bond acceptors (Lipinski definition) is 8. The fourth-order valence-corrected chi connectivity index (χ4v) is 5.06. The first-order chi connectivity index (χ1) is 17.5. The first-order valence-corrected chi connectivity index (χ1v) is 11.0. The minimum Gasteiger partial charge on any atom is -0.434 e. The highest BCUT2D eigenvalue weighted by Gasteiger charge is 2.77. The quantitative estimate of drug-likeness (QED) is 0.313. The highest BCUT2D eigenvalue weighted by Crippen LogP contribution is 2.52. The second kappa shape index (κ2) is 8.56. The SMILES string of the molecule is CCC1(OC(=O)C(F)(F)F)C(=O)C2C3C(=O)C=CN(N2C1=O)C3(Cc1cccc(C)c1)OC(=O)C(F)(F)F. The molecule has 4 atom stereocenters. The number of esters is 2. The molecule has 4 unspecified atom stereocenters. The number of ketones is 2. The number of amides is 1. The monoisotopic (exact) mass is 548 g/mol. The van der Waals surface area contributed by atoms with Crippen molar-refractivity contribution in [2.45, 2.75) is 56.4 Å². The van der Waals surface area contributed by atoms with Crippen molar-refractivity contribution in [1.82, 2.24) is 10.0 Å². The average molecular weight is 548 g/mol. The summed E-state index contributed by atoms with van der Waals surface area (Å²) in [4.78, 5) is 63.7. The Bertz CT molecular complexity index is 1280. The van der Waals surface area contributed by atoms with Gasteiger partial charge in [-0.2, -0.15) is 26.3 Å². The molecule has 2 bridgehead atoms. The molecular formula is C23H18F6N2O7. The van der Waals surface area contributed by atoms with Gasteiger partial charge < -0.3 is 9.47 Å². The van der Waals surface area contributed by atoms with Gasteiger partial charge in [-0.25, -0.2) is 19.6 Å². The number of aryl methyl sites for hydroxylation is 1. The number of carbonyl (C=O) groups excluding carboxylic acids is 5. The van der Waals surface area contributed by atoms with Gasteiger partial charge in [0.05, 0.1) is 0 Å². The number of hydrazine groups is 1. The van der Waals surface area contributed by atoms with Crippen LogP contribution in [0.1, 0.15) is 24.5 Å². The van der Waals surface area contributed by atoms with E-state index in [2.05, 4.69) is 4.74 Å². The Labute approximate surface area is 209 Å². The van der Waals surface area contributed by atoms with Crippen LogP contribution in [0.25, 0.3) is 0 Å². The van der Waals surface area contributed by atoms with E-state index >= 15 is 0 Å². The molecule has 1 amide bonds. The predicted molar refractivity (Wildman–Crippen MR) is 110 cm³/mol. The molecule has 3 aliphatic rings. The lowest BCUT2D eigenvalue weighted by molar-refractivity contribution is -0.241. The number of nitrogens with zero attached hydrogens (tertiary/aromatic N) is 2. The molecule has 0 saturated carbocycles. The van der Waals surface area contributed by atoms with Gasteiger partial charge in [0, 0.05) is 19.0 Å². The van der Waals surface area contributed by atoms with Gasteiger partial charge in [0.15, 0.2) is 5.78 Å². The number of carbonyl (C=O) groups is 5. The van der Waals surface area contributed by atoms with E-state index in [1.54, 1.807) is 13.0 Å². The number of hydrogen-bond donors (Lipinski definition) is 0. The number of allylic oxidation sites excluding steroid dienone is 1. The molecule has 38 heavy (non-hydrogen) atoms. The Morgan fingerprint density at radius 2 is 1.61 bits per heavy atom. The maximum Gasteiger partial charge on any atom is 0.491 e. The van der Waals surface area contributed by atoms with Crippen molar-refractivity contribution in [2.24, 2.45) is 5.92 Å². The first kappa shape index (κ1) is 27.1. The molecule has 0 N–H and O–H groups in total. The molecule has 2 fully saturated rings. The van der Waals surface area contributed by atoms with Crippen molar-refractivity contribution in [2.75, 3.05) is 0 Å². The summed E-state index contributed by atoms with van der Waals surface area (Å²) in [6.45, 7) is 2.72. The minimum atomic E-state index is -5.58. The molecule has 9 nitrogen and oxygen atoms in total. The second-order valence-electron chi connectivity index (χ2n) is 8.96. The number of rotatable bonds is 5. The summed E-state index contributed by atoms with van der Waals surface area (Å²) in [5.74, 6) is -11.6. The van der Waals surface area contributed by atoms with Gasteiger partial charge in [0.2, 0.25) is 11.5 Å². The van der Waals surface area contributed by atoms with E-state index in [4.69, 9.17) is 4.74 Å². The van der Waals surface area contributed by atoms with Crippen LogP contribution in [0.5, 0.6) is 0 Å². The largest absolute Gasteiger partial charge is 0.491 e. The van der Waals surface area contributed by atoms with Crippen molar-refractivity contribution in [3.63, 3.8) is 0 Å². The molecule has 0 radical (unpaired) electrons. The number of alkyl halides is 6. The lowest BCUT2D eigenvalue weighted by atomic mass is 9.77. The maximum atomic E-state index is 13.5. The molecule has 1 aromatic carbocycles. The van der Waals surface area contributed by atoms with Gasteiger partial charge >= 0.3 is 24.3 Å². The van der Waals surface area contributed by atoms with Gasteiger partial charge in [-0.1, -0.05) is 36.8 Å². The number of benzene rings is 1. The van der Waals surface area contributed by atoms with Crippen LogP contribution in [-0.2, 0) is 39.9 Å². The van der Waals surface area contributed by atoms with Crippen LogP contribution < -0.4 is 0 Å². The van der Waals surface area contributed by atoms with Crippen LogP contribution in [-0.4, -0.2) is 69.2 Å². The Balaban J connectivity index is 1.87. The van der Waals surface area contributed by atoms with Gasteiger partial charge in [0.25, 0.3) is 11.5 Å². The van der Waals surface area contributed by atoms with E-state index in [0.29, 0.717) is 15.6 Å².